The summed E-state index contributed by atoms with van der Waals surface area (Å²) in [5.74, 6) is -0.963. The number of anilines is 1. The molecule has 158 valence electrons. The molecule has 0 spiro atoms. The molecule has 0 saturated carbocycles. The number of halogens is 4. The molecule has 0 aromatic heterocycles. The topological polar surface area (TPSA) is 87.3 Å². The highest BCUT2D eigenvalue weighted by Gasteiger charge is 2.42. The maximum Gasteiger partial charge on any atom is 0.417 e. The van der Waals surface area contributed by atoms with Gasteiger partial charge in [0.05, 0.1) is 16.1 Å². The van der Waals surface area contributed by atoms with Gasteiger partial charge in [-0.2, -0.15) is 13.2 Å². The van der Waals surface area contributed by atoms with Gasteiger partial charge < -0.3 is 10.6 Å². The van der Waals surface area contributed by atoms with Crippen LogP contribution in [0.4, 0.5) is 23.7 Å². The second-order valence-corrected chi connectivity index (χ2v) is 8.10. The van der Waals surface area contributed by atoms with Crippen LogP contribution in [0.15, 0.2) is 47.4 Å². The molecule has 1 saturated heterocycles. The number of urea groups is 1. The van der Waals surface area contributed by atoms with E-state index in [4.69, 9.17) is 11.6 Å². The summed E-state index contributed by atoms with van der Waals surface area (Å²) in [6, 6.07) is 8.92. The minimum atomic E-state index is -4.66. The molecule has 0 radical (unpaired) electrons. The van der Waals surface area contributed by atoms with Crippen LogP contribution in [0.1, 0.15) is 22.8 Å². The van der Waals surface area contributed by atoms with E-state index in [-0.39, 0.29) is 17.0 Å². The zero-order valence-electron chi connectivity index (χ0n) is 15.4. The van der Waals surface area contributed by atoms with Crippen LogP contribution in [0.25, 0.3) is 0 Å². The largest absolute Gasteiger partial charge is 0.417 e. The van der Waals surface area contributed by atoms with Crippen LogP contribution in [0.3, 0.4) is 0 Å². The number of nitrogens with one attached hydrogen (secondary N) is 3. The normalized spacial score (nSPS) is 18.7. The Morgan fingerprint density at radius 2 is 1.90 bits per heavy atom. The lowest BCUT2D eigenvalue weighted by Gasteiger charge is -2.20. The van der Waals surface area contributed by atoms with E-state index >= 15 is 0 Å². The molecule has 0 bridgehead atoms. The van der Waals surface area contributed by atoms with Crippen LogP contribution in [0.2, 0.25) is 5.02 Å². The van der Waals surface area contributed by atoms with Crippen molar-refractivity contribution < 1.29 is 27.6 Å². The molecule has 3 rings (SSSR count). The molecule has 1 fully saturated rings. The summed E-state index contributed by atoms with van der Waals surface area (Å²) in [4.78, 5) is 36.5. The van der Waals surface area contributed by atoms with Crippen molar-refractivity contribution in [1.82, 2.24) is 10.6 Å². The van der Waals surface area contributed by atoms with E-state index in [1.165, 1.54) is 12.1 Å². The standard InChI is InChI=1S/C19H15ClF3N3O3S/c1-18(16(28)25-17(29)26-18)9-30-14-5-3-2-4-11(14)15(27)24-10-6-7-13(20)12(8-10)19(21,22)23/h2-8H,9H2,1H3,(H,24,27)(H2,25,26,28,29)/t18-/m0/s1. The van der Waals surface area contributed by atoms with Crippen molar-refractivity contribution in [3.8, 4) is 0 Å². The number of carbonyl (C=O) groups is 3. The monoisotopic (exact) mass is 457 g/mol. The van der Waals surface area contributed by atoms with E-state index in [0.29, 0.717) is 4.90 Å². The zero-order valence-corrected chi connectivity index (χ0v) is 17.0. The van der Waals surface area contributed by atoms with E-state index in [1.807, 2.05) is 0 Å². The average Bonchev–Trinajstić information content (AvgIpc) is 2.93. The van der Waals surface area contributed by atoms with E-state index < -0.39 is 40.1 Å². The predicted octanol–water partition coefficient (Wildman–Crippen LogP) is 4.30. The first-order valence-electron chi connectivity index (χ1n) is 8.53. The number of thioether (sulfide) groups is 1. The Morgan fingerprint density at radius 3 is 2.53 bits per heavy atom. The SMILES string of the molecule is C[C@@]1(CSc2ccccc2C(=O)Nc2ccc(Cl)c(C(F)(F)F)c2)NC(=O)NC1=O. The van der Waals surface area contributed by atoms with Gasteiger partial charge in [0, 0.05) is 16.3 Å². The highest BCUT2D eigenvalue weighted by Crippen LogP contribution is 2.36. The molecule has 11 heteroatoms. The summed E-state index contributed by atoms with van der Waals surface area (Å²) >= 11 is 6.76. The van der Waals surface area contributed by atoms with E-state index in [2.05, 4.69) is 16.0 Å². The Morgan fingerprint density at radius 1 is 1.20 bits per heavy atom. The number of imide groups is 1. The summed E-state index contributed by atoms with van der Waals surface area (Å²) in [7, 11) is 0. The first-order valence-corrected chi connectivity index (χ1v) is 9.89. The highest BCUT2D eigenvalue weighted by molar-refractivity contribution is 7.99. The molecule has 6 nitrogen and oxygen atoms in total. The van der Waals surface area contributed by atoms with Gasteiger partial charge in [-0.05, 0) is 37.3 Å². The van der Waals surface area contributed by atoms with Gasteiger partial charge in [0.15, 0.2) is 0 Å². The van der Waals surface area contributed by atoms with E-state index in [0.717, 1.165) is 23.9 Å². The summed E-state index contributed by atoms with van der Waals surface area (Å²) in [5, 5.41) is 6.64. The Balaban J connectivity index is 1.78. The predicted molar refractivity (Wildman–Crippen MR) is 107 cm³/mol. The van der Waals surface area contributed by atoms with Crippen molar-refractivity contribution in [2.75, 3.05) is 11.1 Å². The number of carbonyl (C=O) groups excluding carboxylic acids is 3. The van der Waals surface area contributed by atoms with Gasteiger partial charge in [-0.25, -0.2) is 4.79 Å². The molecule has 2 aromatic rings. The fourth-order valence-corrected chi connectivity index (χ4v) is 4.07. The second kappa shape index (κ2) is 8.19. The maximum atomic E-state index is 13.0. The van der Waals surface area contributed by atoms with Gasteiger partial charge in [0.25, 0.3) is 11.8 Å². The van der Waals surface area contributed by atoms with Crippen LogP contribution in [0, 0.1) is 0 Å². The number of rotatable bonds is 5. The minimum absolute atomic E-state index is 0.0640. The molecule has 0 unspecified atom stereocenters. The fraction of sp³-hybridized carbons (Fsp3) is 0.211. The summed E-state index contributed by atoms with van der Waals surface area (Å²) in [6.07, 6.45) is -4.66. The molecule has 1 heterocycles. The highest BCUT2D eigenvalue weighted by atomic mass is 35.5. The molecule has 3 N–H and O–H groups in total. The maximum absolute atomic E-state index is 13.0. The summed E-state index contributed by atoms with van der Waals surface area (Å²) in [6.45, 7) is 1.55. The average molecular weight is 458 g/mol. The summed E-state index contributed by atoms with van der Waals surface area (Å²) in [5.41, 5.74) is -2.06. The van der Waals surface area contributed by atoms with Gasteiger partial charge >= 0.3 is 12.2 Å². The van der Waals surface area contributed by atoms with Gasteiger partial charge in [0.1, 0.15) is 5.54 Å². The third kappa shape index (κ3) is 4.71. The van der Waals surface area contributed by atoms with E-state index in [9.17, 15) is 27.6 Å². The number of hydrogen-bond acceptors (Lipinski definition) is 4. The van der Waals surface area contributed by atoms with Crippen molar-refractivity contribution in [3.63, 3.8) is 0 Å². The van der Waals surface area contributed by atoms with Crippen LogP contribution >= 0.6 is 23.4 Å². The Kier molecular flexibility index (Phi) is 6.00. The molecule has 1 atom stereocenters. The smallest absolute Gasteiger partial charge is 0.323 e. The molecule has 4 amide bonds. The quantitative estimate of drug-likeness (QED) is 0.461. The lowest BCUT2D eigenvalue weighted by atomic mass is 10.1. The van der Waals surface area contributed by atoms with Gasteiger partial charge in [-0.15, -0.1) is 11.8 Å². The zero-order chi connectivity index (χ0) is 22.1. The second-order valence-electron chi connectivity index (χ2n) is 6.67. The molecule has 1 aliphatic heterocycles. The van der Waals surface area contributed by atoms with Crippen molar-refractivity contribution in [2.24, 2.45) is 0 Å². The molecular formula is C19H15ClF3N3O3S. The first-order chi connectivity index (χ1) is 14.0. The van der Waals surface area contributed by atoms with Crippen molar-refractivity contribution in [3.05, 3.63) is 58.6 Å². The lowest BCUT2D eigenvalue weighted by Crippen LogP contribution is -2.46. The molecule has 1 aliphatic rings. The molecule has 0 aliphatic carbocycles. The number of alkyl halides is 3. The van der Waals surface area contributed by atoms with Crippen LogP contribution in [0.5, 0.6) is 0 Å². The fourth-order valence-electron chi connectivity index (χ4n) is 2.70. The molecule has 2 aromatic carbocycles. The number of hydrogen-bond donors (Lipinski definition) is 3. The summed E-state index contributed by atoms with van der Waals surface area (Å²) < 4.78 is 39.1. The lowest BCUT2D eigenvalue weighted by molar-refractivity contribution is -0.137. The number of amides is 4. The Hall–Kier alpha value is -2.72. The van der Waals surface area contributed by atoms with Crippen LogP contribution in [-0.2, 0) is 11.0 Å². The van der Waals surface area contributed by atoms with Gasteiger partial charge in [-0.3, -0.25) is 14.9 Å². The Bertz CT molecular complexity index is 1030. The van der Waals surface area contributed by atoms with Crippen molar-refractivity contribution >= 4 is 46.9 Å². The minimum Gasteiger partial charge on any atom is -0.323 e. The van der Waals surface area contributed by atoms with Gasteiger partial charge in [-0.1, -0.05) is 23.7 Å². The van der Waals surface area contributed by atoms with Crippen LogP contribution < -0.4 is 16.0 Å². The van der Waals surface area contributed by atoms with E-state index in [1.54, 1.807) is 25.1 Å². The molecular weight excluding hydrogens is 443 g/mol. The van der Waals surface area contributed by atoms with Crippen molar-refractivity contribution in [2.45, 2.75) is 23.5 Å². The third-order valence-electron chi connectivity index (χ3n) is 4.30. The first kappa shape index (κ1) is 22.0. The van der Waals surface area contributed by atoms with Crippen molar-refractivity contribution in [1.29, 1.82) is 0 Å². The molecule has 30 heavy (non-hydrogen) atoms. The Labute approximate surface area is 178 Å². The number of benzene rings is 2. The third-order valence-corrected chi connectivity index (χ3v) is 6.01. The van der Waals surface area contributed by atoms with Crippen LogP contribution in [-0.4, -0.2) is 29.1 Å². The van der Waals surface area contributed by atoms with Gasteiger partial charge in [0.2, 0.25) is 0 Å².